The first kappa shape index (κ1) is 25.0. The van der Waals surface area contributed by atoms with Gasteiger partial charge in [0.2, 0.25) is 0 Å². The number of methoxy groups -OCH3 is 1. The Morgan fingerprint density at radius 1 is 1.08 bits per heavy atom. The van der Waals surface area contributed by atoms with E-state index >= 15 is 0 Å². The summed E-state index contributed by atoms with van der Waals surface area (Å²) in [4.78, 5) is 12.7. The molecule has 0 amide bonds. The van der Waals surface area contributed by atoms with Crippen LogP contribution in [0.2, 0.25) is 0 Å². The van der Waals surface area contributed by atoms with Crippen LogP contribution in [0, 0.1) is 12.7 Å². The van der Waals surface area contributed by atoms with Gasteiger partial charge in [-0.05, 0) is 74.4 Å². The number of hydrogen-bond acceptors (Lipinski definition) is 5. The number of ether oxygens (including phenoxy) is 3. The number of esters is 1. The number of benzene rings is 3. The summed E-state index contributed by atoms with van der Waals surface area (Å²) in [5.41, 5.74) is 1.82. The molecule has 3 aromatic carbocycles. The van der Waals surface area contributed by atoms with E-state index in [4.69, 9.17) is 26.4 Å². The first-order valence-electron chi connectivity index (χ1n) is 12.1. The van der Waals surface area contributed by atoms with Gasteiger partial charge in [-0.2, -0.15) is 0 Å². The Labute approximate surface area is 221 Å². The van der Waals surface area contributed by atoms with Crippen LogP contribution in [0.25, 0.3) is 0 Å². The van der Waals surface area contributed by atoms with Crippen molar-refractivity contribution in [3.8, 4) is 17.2 Å². The fourth-order valence-corrected chi connectivity index (χ4v) is 5.91. The first-order chi connectivity index (χ1) is 17.6. The van der Waals surface area contributed by atoms with Gasteiger partial charge in [-0.15, -0.1) is 0 Å². The molecule has 0 aliphatic carbocycles. The van der Waals surface area contributed by atoms with Crippen molar-refractivity contribution in [2.45, 2.75) is 50.8 Å². The zero-order valence-corrected chi connectivity index (χ0v) is 22.0. The van der Waals surface area contributed by atoms with E-state index in [-0.39, 0.29) is 22.8 Å². The van der Waals surface area contributed by atoms with Gasteiger partial charge in [-0.25, -0.2) is 9.18 Å². The number of thiocarbonyl (C=S) groups is 1. The molecule has 1 spiro atoms. The molecule has 0 radical (unpaired) electrons. The van der Waals surface area contributed by atoms with Crippen molar-refractivity contribution >= 4 is 23.3 Å². The second-order valence-corrected chi connectivity index (χ2v) is 10.7. The quantitative estimate of drug-likeness (QED) is 0.263. The molecule has 1 saturated heterocycles. The highest BCUT2D eigenvalue weighted by Gasteiger charge is 2.49. The molecule has 0 aromatic heterocycles. The summed E-state index contributed by atoms with van der Waals surface area (Å²) in [5.74, 6) is 0.237. The van der Waals surface area contributed by atoms with Gasteiger partial charge in [-0.1, -0.05) is 24.3 Å². The highest BCUT2D eigenvalue weighted by Crippen LogP contribution is 2.49. The van der Waals surface area contributed by atoms with Gasteiger partial charge in [-0.3, -0.25) is 0 Å². The lowest BCUT2D eigenvalue weighted by Crippen LogP contribution is -2.69. The van der Waals surface area contributed by atoms with Crippen LogP contribution in [0.5, 0.6) is 17.2 Å². The number of carbonyl (C=O) groups is 1. The van der Waals surface area contributed by atoms with Crippen LogP contribution >= 0.6 is 12.2 Å². The Hall–Kier alpha value is -3.65. The molecule has 0 unspecified atom stereocenters. The van der Waals surface area contributed by atoms with Crippen LogP contribution in [0.3, 0.4) is 0 Å². The highest BCUT2D eigenvalue weighted by atomic mass is 32.1. The molecule has 2 atom stereocenters. The van der Waals surface area contributed by atoms with Gasteiger partial charge in [0.15, 0.2) is 10.8 Å². The van der Waals surface area contributed by atoms with Gasteiger partial charge in [0, 0.05) is 35.9 Å². The minimum atomic E-state index is -0.774. The van der Waals surface area contributed by atoms with Crippen molar-refractivity contribution in [1.29, 1.82) is 0 Å². The Balaban J connectivity index is 1.57. The average molecular weight is 521 g/mol. The third-order valence-corrected chi connectivity index (χ3v) is 7.06. The van der Waals surface area contributed by atoms with E-state index < -0.39 is 17.5 Å². The summed E-state index contributed by atoms with van der Waals surface area (Å²) >= 11 is 5.55. The molecule has 5 rings (SSSR count). The van der Waals surface area contributed by atoms with Crippen LogP contribution in [-0.2, 0) is 0 Å². The van der Waals surface area contributed by atoms with Gasteiger partial charge in [0.05, 0.1) is 12.7 Å². The fourth-order valence-electron chi connectivity index (χ4n) is 5.45. The SMILES string of the molecule is COc1ccc([C@@H]2C[C@]3(CC(C)(C)NC(=S)N3)Oc3cc(OC(=O)c4ccccc4F)cc(C)c32)cc1. The molecule has 3 aromatic rings. The number of aryl methyl sites for hydroxylation is 1. The largest absolute Gasteiger partial charge is 0.497 e. The van der Waals surface area contributed by atoms with Crippen molar-refractivity contribution in [2.24, 2.45) is 0 Å². The molecule has 2 aliphatic rings. The zero-order valence-electron chi connectivity index (χ0n) is 21.2. The highest BCUT2D eigenvalue weighted by molar-refractivity contribution is 7.80. The monoisotopic (exact) mass is 520 g/mol. The van der Waals surface area contributed by atoms with Crippen LogP contribution < -0.4 is 24.8 Å². The zero-order chi connectivity index (χ0) is 26.4. The maximum absolute atomic E-state index is 14.2. The van der Waals surface area contributed by atoms with Crippen LogP contribution in [0.4, 0.5) is 4.39 Å². The minimum Gasteiger partial charge on any atom is -0.497 e. The lowest BCUT2D eigenvalue weighted by Gasteiger charge is -2.50. The number of carbonyl (C=O) groups excluding carboxylic acids is 1. The molecule has 192 valence electrons. The van der Waals surface area contributed by atoms with E-state index in [9.17, 15) is 9.18 Å². The molecule has 2 heterocycles. The Bertz CT molecular complexity index is 1370. The van der Waals surface area contributed by atoms with Gasteiger partial charge in [0.1, 0.15) is 23.1 Å². The molecule has 2 N–H and O–H groups in total. The third kappa shape index (κ3) is 4.98. The summed E-state index contributed by atoms with van der Waals surface area (Å²) in [7, 11) is 1.64. The summed E-state index contributed by atoms with van der Waals surface area (Å²) in [6.45, 7) is 6.13. The average Bonchev–Trinajstić information content (AvgIpc) is 2.82. The van der Waals surface area contributed by atoms with Crippen molar-refractivity contribution < 1.29 is 23.4 Å². The molecule has 37 heavy (non-hydrogen) atoms. The van der Waals surface area contributed by atoms with Crippen molar-refractivity contribution in [1.82, 2.24) is 10.6 Å². The van der Waals surface area contributed by atoms with Crippen LogP contribution in [0.1, 0.15) is 59.7 Å². The number of rotatable bonds is 4. The second-order valence-electron chi connectivity index (χ2n) is 10.3. The summed E-state index contributed by atoms with van der Waals surface area (Å²) in [6.07, 6.45) is 1.29. The molecule has 0 bridgehead atoms. The van der Waals surface area contributed by atoms with Gasteiger partial charge >= 0.3 is 5.97 Å². The van der Waals surface area contributed by atoms with E-state index in [0.717, 1.165) is 22.4 Å². The lowest BCUT2D eigenvalue weighted by atomic mass is 9.76. The molecule has 8 heteroatoms. The van der Waals surface area contributed by atoms with Crippen molar-refractivity contribution in [2.75, 3.05) is 7.11 Å². The predicted octanol–water partition coefficient (Wildman–Crippen LogP) is 5.62. The summed E-state index contributed by atoms with van der Waals surface area (Å²) in [5, 5.41) is 7.21. The summed E-state index contributed by atoms with van der Waals surface area (Å²) in [6, 6.07) is 17.3. The number of fused-ring (bicyclic) bond motifs is 1. The maximum atomic E-state index is 14.2. The lowest BCUT2D eigenvalue weighted by molar-refractivity contribution is -0.0129. The third-order valence-electron chi connectivity index (χ3n) is 6.85. The summed E-state index contributed by atoms with van der Waals surface area (Å²) < 4.78 is 31.8. The first-order valence-corrected chi connectivity index (χ1v) is 12.5. The van der Waals surface area contributed by atoms with Crippen LogP contribution in [0.15, 0.2) is 60.7 Å². The van der Waals surface area contributed by atoms with Crippen molar-refractivity contribution in [3.05, 3.63) is 88.7 Å². The van der Waals surface area contributed by atoms with Gasteiger partial charge in [0.25, 0.3) is 0 Å². The van der Waals surface area contributed by atoms with E-state index in [0.29, 0.717) is 23.7 Å². The van der Waals surface area contributed by atoms with Crippen molar-refractivity contribution in [3.63, 3.8) is 0 Å². The Kier molecular flexibility index (Phi) is 6.31. The Morgan fingerprint density at radius 3 is 2.49 bits per heavy atom. The van der Waals surface area contributed by atoms with Gasteiger partial charge < -0.3 is 24.8 Å². The number of halogens is 1. The maximum Gasteiger partial charge on any atom is 0.346 e. The topological polar surface area (TPSA) is 68.8 Å². The fraction of sp³-hybridized carbons (Fsp3) is 0.310. The minimum absolute atomic E-state index is 0.0184. The Morgan fingerprint density at radius 2 is 1.81 bits per heavy atom. The predicted molar refractivity (Wildman–Crippen MR) is 143 cm³/mol. The molecule has 1 fully saturated rings. The molecular formula is C29H29FN2O4S. The van der Waals surface area contributed by atoms with E-state index in [1.54, 1.807) is 25.3 Å². The molecule has 6 nitrogen and oxygen atoms in total. The number of nitrogens with one attached hydrogen (secondary N) is 2. The molecular weight excluding hydrogens is 491 g/mol. The second kappa shape index (κ2) is 9.34. The molecule has 0 saturated carbocycles. The normalized spacial score (nSPS) is 21.8. The van der Waals surface area contributed by atoms with E-state index in [1.165, 1.54) is 18.2 Å². The van der Waals surface area contributed by atoms with E-state index in [2.05, 4.69) is 36.6 Å². The smallest absolute Gasteiger partial charge is 0.346 e. The standard InChI is InChI=1S/C29H29FN2O4S/c1-17-13-20(35-26(33)21-7-5-6-8-23(21)30)14-24-25(17)22(18-9-11-19(34-4)12-10-18)15-29(36-24)16-28(2,3)31-27(37)32-29/h5-14,22H,15-16H2,1-4H3,(H2,31,32,37)/t22-,29+/m0/s1. The number of hydrogen-bond donors (Lipinski definition) is 2. The molecule has 2 aliphatic heterocycles. The van der Waals surface area contributed by atoms with E-state index in [1.807, 2.05) is 19.1 Å². The van der Waals surface area contributed by atoms with Crippen LogP contribution in [-0.4, -0.2) is 29.5 Å².